The molecule has 1 N–H and O–H groups in total. The van der Waals surface area contributed by atoms with E-state index in [2.05, 4.69) is 95.9 Å². The summed E-state index contributed by atoms with van der Waals surface area (Å²) in [6.45, 7) is 11.6. The van der Waals surface area contributed by atoms with E-state index in [1.807, 2.05) is 48.7 Å². The molecular weight excluding hydrogens is 692 g/mol. The minimum atomic E-state index is -1.81. The topological polar surface area (TPSA) is 117 Å². The van der Waals surface area contributed by atoms with Crippen molar-refractivity contribution < 1.29 is 9.53 Å². The quantitative estimate of drug-likeness (QED) is 0.180. The number of halogens is 2. The van der Waals surface area contributed by atoms with Crippen molar-refractivity contribution in [2.24, 2.45) is 0 Å². The van der Waals surface area contributed by atoms with Crippen LogP contribution in [0.25, 0.3) is 33.7 Å². The van der Waals surface area contributed by atoms with Crippen molar-refractivity contribution in [3.63, 3.8) is 0 Å². The molecule has 0 atom stereocenters. The van der Waals surface area contributed by atoms with Gasteiger partial charge in [0.05, 0.1) is 48.0 Å². The summed E-state index contributed by atoms with van der Waals surface area (Å²) in [5, 5.41) is 20.0. The Bertz CT molecular complexity index is 1880. The zero-order chi connectivity index (χ0) is 30.8. The largest absolute Gasteiger partial charge is 0.411 e. The van der Waals surface area contributed by atoms with Gasteiger partial charge in [0.15, 0.2) is 8.32 Å². The maximum absolute atomic E-state index is 9.09. The number of rotatable bonds is 6. The lowest BCUT2D eigenvalue weighted by Crippen LogP contribution is -2.40. The van der Waals surface area contributed by atoms with Gasteiger partial charge in [0.1, 0.15) is 0 Å². The zero-order valence-corrected chi connectivity index (χ0v) is 28.7. The van der Waals surface area contributed by atoms with E-state index in [0.29, 0.717) is 24.2 Å². The van der Waals surface area contributed by atoms with Crippen LogP contribution in [0.3, 0.4) is 0 Å². The summed E-state index contributed by atoms with van der Waals surface area (Å²) in [6, 6.07) is 15.5. The predicted octanol–water partition coefficient (Wildman–Crippen LogP) is 7.17. The number of nitrogens with zero attached hydrogens (tertiary/aromatic N) is 8. The summed E-state index contributed by atoms with van der Waals surface area (Å²) in [7, 11) is -1.81. The minimum Gasteiger partial charge on any atom is -0.411 e. The summed E-state index contributed by atoms with van der Waals surface area (Å²) < 4.78 is 11.6. The minimum absolute atomic E-state index is 0.113. The van der Waals surface area contributed by atoms with Gasteiger partial charge in [0.25, 0.3) is 11.9 Å². The highest BCUT2D eigenvalue weighted by Gasteiger charge is 2.37. The van der Waals surface area contributed by atoms with Crippen molar-refractivity contribution in [1.29, 1.82) is 0 Å². The van der Waals surface area contributed by atoms with Crippen molar-refractivity contribution in [3.8, 4) is 11.9 Å². The molecule has 0 radical (unpaired) electrons. The first-order valence-corrected chi connectivity index (χ1v) is 18.1. The summed E-state index contributed by atoms with van der Waals surface area (Å²) >= 11 is 6.94. The SMILES string of the molecule is CC(C)(C)[Si](C)(C)OCc1ccnc(-n2ncc3ccc(Br)cc32)n1.OCc1ccnc(-n2ncc3ccc(Br)cc32)n1. The second-order valence-electron chi connectivity index (χ2n) is 11.4. The van der Waals surface area contributed by atoms with Gasteiger partial charge in [0.2, 0.25) is 0 Å². The van der Waals surface area contributed by atoms with Crippen LogP contribution in [-0.2, 0) is 17.6 Å². The number of benzene rings is 2. The molecule has 43 heavy (non-hydrogen) atoms. The Morgan fingerprint density at radius 1 is 0.767 bits per heavy atom. The fourth-order valence-corrected chi connectivity index (χ4v) is 5.55. The lowest BCUT2D eigenvalue weighted by Gasteiger charge is -2.36. The average molecular weight is 725 g/mol. The van der Waals surface area contributed by atoms with Gasteiger partial charge in [-0.25, -0.2) is 19.9 Å². The van der Waals surface area contributed by atoms with Crippen LogP contribution in [-0.4, -0.2) is 52.9 Å². The molecule has 0 aliphatic rings. The number of aliphatic hydroxyl groups excluding tert-OH is 1. The molecule has 13 heteroatoms. The third kappa shape index (κ3) is 7.07. The number of aromatic nitrogens is 8. The Kier molecular flexibility index (Phi) is 9.18. The van der Waals surface area contributed by atoms with Gasteiger partial charge in [-0.15, -0.1) is 0 Å². The average Bonchev–Trinajstić information content (AvgIpc) is 3.60. The first kappa shape index (κ1) is 31.1. The highest BCUT2D eigenvalue weighted by molar-refractivity contribution is 9.10. The van der Waals surface area contributed by atoms with Gasteiger partial charge >= 0.3 is 0 Å². The molecule has 0 bridgehead atoms. The van der Waals surface area contributed by atoms with Crippen LogP contribution in [0.5, 0.6) is 0 Å². The molecule has 0 aliphatic heterocycles. The van der Waals surface area contributed by atoms with Crippen LogP contribution in [0.4, 0.5) is 0 Å². The van der Waals surface area contributed by atoms with Crippen LogP contribution in [0.1, 0.15) is 32.2 Å². The van der Waals surface area contributed by atoms with Gasteiger partial charge < -0.3 is 9.53 Å². The Morgan fingerprint density at radius 3 is 1.74 bits per heavy atom. The Balaban J connectivity index is 0.000000180. The lowest BCUT2D eigenvalue weighted by atomic mass is 10.2. The van der Waals surface area contributed by atoms with E-state index >= 15 is 0 Å². The molecular formula is C30H32Br2N8O2Si. The monoisotopic (exact) mass is 722 g/mol. The van der Waals surface area contributed by atoms with Crippen LogP contribution >= 0.6 is 31.9 Å². The van der Waals surface area contributed by atoms with Crippen LogP contribution in [0.15, 0.2) is 82.3 Å². The molecule has 4 aromatic heterocycles. The van der Waals surface area contributed by atoms with Crippen molar-refractivity contribution in [2.75, 3.05) is 0 Å². The summed E-state index contributed by atoms with van der Waals surface area (Å²) in [6.07, 6.45) is 6.96. The molecule has 0 saturated carbocycles. The highest BCUT2D eigenvalue weighted by Crippen LogP contribution is 2.37. The molecule has 222 valence electrons. The van der Waals surface area contributed by atoms with E-state index in [0.717, 1.165) is 36.4 Å². The third-order valence-corrected chi connectivity index (χ3v) is 12.9. The Morgan fingerprint density at radius 2 is 1.26 bits per heavy atom. The van der Waals surface area contributed by atoms with Crippen LogP contribution in [0.2, 0.25) is 18.1 Å². The number of aliphatic hydroxyl groups is 1. The number of hydrogen-bond acceptors (Lipinski definition) is 8. The van der Waals surface area contributed by atoms with E-state index in [1.165, 1.54) is 0 Å². The maximum Gasteiger partial charge on any atom is 0.251 e. The van der Waals surface area contributed by atoms with Gasteiger partial charge in [-0.3, -0.25) is 0 Å². The first-order chi connectivity index (χ1) is 20.4. The summed E-state index contributed by atoms with van der Waals surface area (Å²) in [4.78, 5) is 17.4. The molecule has 0 unspecified atom stereocenters. The normalized spacial score (nSPS) is 12.0. The van der Waals surface area contributed by atoms with Crippen molar-refractivity contribution in [1.82, 2.24) is 39.5 Å². The van der Waals surface area contributed by atoms with E-state index in [4.69, 9.17) is 9.53 Å². The summed E-state index contributed by atoms with van der Waals surface area (Å²) in [5.41, 5.74) is 3.32. The van der Waals surface area contributed by atoms with Crippen LogP contribution < -0.4 is 0 Å². The Labute approximate surface area is 267 Å². The van der Waals surface area contributed by atoms with Crippen molar-refractivity contribution >= 4 is 62.0 Å². The van der Waals surface area contributed by atoms with Crippen LogP contribution in [0, 0.1) is 0 Å². The molecule has 10 nitrogen and oxygen atoms in total. The maximum atomic E-state index is 9.09. The molecule has 0 amide bonds. The van der Waals surface area contributed by atoms with Gasteiger partial charge in [-0.2, -0.15) is 19.6 Å². The number of fused-ring (bicyclic) bond motifs is 2. The molecule has 0 spiro atoms. The molecule has 6 rings (SSSR count). The second kappa shape index (κ2) is 12.7. The lowest BCUT2D eigenvalue weighted by molar-refractivity contribution is 0.271. The van der Waals surface area contributed by atoms with Crippen molar-refractivity contribution in [3.05, 3.63) is 93.7 Å². The predicted molar refractivity (Wildman–Crippen MR) is 177 cm³/mol. The van der Waals surface area contributed by atoms with Gasteiger partial charge in [0, 0.05) is 32.1 Å². The second-order valence-corrected chi connectivity index (χ2v) is 18.1. The fourth-order valence-electron chi connectivity index (χ4n) is 3.91. The molecule has 4 heterocycles. The molecule has 0 fully saturated rings. The third-order valence-electron chi connectivity index (χ3n) is 7.39. The fraction of sp³-hybridized carbons (Fsp3) is 0.267. The summed E-state index contributed by atoms with van der Waals surface area (Å²) in [5.74, 6) is 1.01. The van der Waals surface area contributed by atoms with E-state index < -0.39 is 8.32 Å². The van der Waals surface area contributed by atoms with E-state index in [1.54, 1.807) is 34.0 Å². The van der Waals surface area contributed by atoms with E-state index in [9.17, 15) is 0 Å². The standard InChI is InChI=1S/C18H23BrN4OSi.C12H9BrN4O/c1-18(2,3)25(4,5)24-12-15-8-9-20-17(22-15)23-16-10-14(19)7-6-13(16)11-21-23;13-9-2-1-8-6-15-17(11(8)5-9)12-14-4-3-10(7-18)16-12/h6-11H,12H2,1-5H3;1-6,18H,7H2. The smallest absolute Gasteiger partial charge is 0.251 e. The van der Waals surface area contributed by atoms with E-state index in [-0.39, 0.29) is 11.6 Å². The zero-order valence-electron chi connectivity index (χ0n) is 24.5. The van der Waals surface area contributed by atoms with Gasteiger partial charge in [-0.05, 0) is 54.5 Å². The van der Waals surface area contributed by atoms with Crippen molar-refractivity contribution in [2.45, 2.75) is 52.1 Å². The molecule has 2 aromatic carbocycles. The first-order valence-electron chi connectivity index (χ1n) is 13.6. The Hall–Kier alpha value is -3.36. The van der Waals surface area contributed by atoms with Gasteiger partial charge in [-0.1, -0.05) is 64.8 Å². The molecule has 0 saturated heterocycles. The molecule has 0 aliphatic carbocycles. The number of hydrogen-bond donors (Lipinski definition) is 1. The molecule has 6 aromatic rings. The highest BCUT2D eigenvalue weighted by atomic mass is 79.9.